The molecule has 0 aliphatic carbocycles. The number of hydrogen-bond acceptors (Lipinski definition) is 1. The van der Waals surface area contributed by atoms with Gasteiger partial charge in [-0.1, -0.05) is 24.9 Å². The summed E-state index contributed by atoms with van der Waals surface area (Å²) < 4.78 is 0.776. The number of carbonyl (C=O) groups excluding carboxylic acids is 1. The lowest BCUT2D eigenvalue weighted by Gasteiger charge is -2.31. The number of carbonyl (C=O) groups is 1. The minimum atomic E-state index is 0.105. The maximum Gasteiger partial charge on any atom is 0.254 e. The molecule has 1 amide bonds. The molecule has 1 aliphatic heterocycles. The fraction of sp³-hybridized carbons (Fsp3) is 0.500. The number of rotatable bonds is 2. The van der Waals surface area contributed by atoms with Crippen molar-refractivity contribution in [2.45, 2.75) is 26.2 Å². The van der Waals surface area contributed by atoms with Crippen molar-refractivity contribution in [1.82, 2.24) is 4.90 Å². The van der Waals surface area contributed by atoms with Gasteiger partial charge in [0.15, 0.2) is 0 Å². The van der Waals surface area contributed by atoms with Crippen molar-refractivity contribution < 1.29 is 4.79 Å². The van der Waals surface area contributed by atoms with Crippen LogP contribution in [0.5, 0.6) is 0 Å². The van der Waals surface area contributed by atoms with E-state index in [4.69, 9.17) is 11.6 Å². The van der Waals surface area contributed by atoms with Crippen LogP contribution in [-0.4, -0.2) is 23.9 Å². The molecule has 0 aromatic heterocycles. The number of hydrogen-bond donors (Lipinski definition) is 0. The lowest BCUT2D eigenvalue weighted by Crippen LogP contribution is -2.38. The Morgan fingerprint density at radius 1 is 1.44 bits per heavy atom. The highest BCUT2D eigenvalue weighted by Crippen LogP contribution is 2.26. The lowest BCUT2D eigenvalue weighted by atomic mass is 9.94. The highest BCUT2D eigenvalue weighted by atomic mass is 79.9. The van der Waals surface area contributed by atoms with Crippen LogP contribution < -0.4 is 0 Å². The van der Waals surface area contributed by atoms with Gasteiger partial charge in [-0.15, -0.1) is 0 Å². The first-order chi connectivity index (χ1) is 8.61. The van der Waals surface area contributed by atoms with E-state index in [0.29, 0.717) is 10.6 Å². The first kappa shape index (κ1) is 13.9. The number of halogens is 2. The molecule has 1 heterocycles. The number of likely N-dealkylation sites (tertiary alicyclic amines) is 1. The van der Waals surface area contributed by atoms with Gasteiger partial charge in [-0.3, -0.25) is 4.79 Å². The Kier molecular flexibility index (Phi) is 4.68. The molecule has 0 radical (unpaired) electrons. The van der Waals surface area contributed by atoms with Crippen LogP contribution in [0.4, 0.5) is 0 Å². The lowest BCUT2D eigenvalue weighted by molar-refractivity contribution is 0.0688. The van der Waals surface area contributed by atoms with Crippen molar-refractivity contribution in [3.63, 3.8) is 0 Å². The first-order valence-electron chi connectivity index (χ1n) is 6.36. The van der Waals surface area contributed by atoms with E-state index in [9.17, 15) is 4.79 Å². The topological polar surface area (TPSA) is 20.3 Å². The molecule has 1 aromatic carbocycles. The predicted octanol–water partition coefficient (Wildman–Crippen LogP) is 4.36. The zero-order valence-electron chi connectivity index (χ0n) is 10.5. The van der Waals surface area contributed by atoms with E-state index >= 15 is 0 Å². The molecule has 98 valence electrons. The average molecular weight is 331 g/mol. The SMILES string of the molecule is CCC1CCN(C(=O)c2ccc(Cl)cc2Br)CC1. The number of nitrogens with zero attached hydrogens (tertiary/aromatic N) is 1. The number of amides is 1. The Bertz CT molecular complexity index is 441. The van der Waals surface area contributed by atoms with Gasteiger partial charge in [0.05, 0.1) is 5.56 Å². The third-order valence-electron chi connectivity index (χ3n) is 3.64. The largest absolute Gasteiger partial charge is 0.339 e. The average Bonchev–Trinajstić information content (AvgIpc) is 2.38. The van der Waals surface area contributed by atoms with Crippen LogP contribution in [0.2, 0.25) is 5.02 Å². The molecule has 1 fully saturated rings. The van der Waals surface area contributed by atoms with Gasteiger partial charge in [-0.25, -0.2) is 0 Å². The van der Waals surface area contributed by atoms with Crippen molar-refractivity contribution in [1.29, 1.82) is 0 Å². The summed E-state index contributed by atoms with van der Waals surface area (Å²) in [5.41, 5.74) is 0.703. The first-order valence-corrected chi connectivity index (χ1v) is 7.53. The number of piperidine rings is 1. The normalized spacial score (nSPS) is 16.9. The predicted molar refractivity (Wildman–Crippen MR) is 78.1 cm³/mol. The minimum Gasteiger partial charge on any atom is -0.339 e. The zero-order chi connectivity index (χ0) is 13.1. The van der Waals surface area contributed by atoms with Crippen LogP contribution >= 0.6 is 27.5 Å². The molecule has 2 rings (SSSR count). The quantitative estimate of drug-likeness (QED) is 0.788. The second-order valence-electron chi connectivity index (χ2n) is 4.77. The molecule has 1 aromatic rings. The minimum absolute atomic E-state index is 0.105. The molecule has 0 saturated carbocycles. The van der Waals surface area contributed by atoms with Gasteiger partial charge in [0.25, 0.3) is 5.91 Å². The highest BCUT2D eigenvalue weighted by molar-refractivity contribution is 9.10. The third kappa shape index (κ3) is 3.07. The molecular weight excluding hydrogens is 314 g/mol. The molecule has 1 aliphatic rings. The Morgan fingerprint density at radius 2 is 2.11 bits per heavy atom. The fourth-order valence-corrected chi connectivity index (χ4v) is 3.23. The summed E-state index contributed by atoms with van der Waals surface area (Å²) in [5, 5.41) is 0.642. The molecule has 2 nitrogen and oxygen atoms in total. The molecule has 0 atom stereocenters. The monoisotopic (exact) mass is 329 g/mol. The standard InChI is InChI=1S/C14H17BrClNO/c1-2-10-5-7-17(8-6-10)14(18)12-4-3-11(16)9-13(12)15/h3-4,9-10H,2,5-8H2,1H3. The molecule has 0 spiro atoms. The summed E-state index contributed by atoms with van der Waals surface area (Å²) in [7, 11) is 0. The summed E-state index contributed by atoms with van der Waals surface area (Å²) in [4.78, 5) is 14.3. The Morgan fingerprint density at radius 3 is 2.67 bits per heavy atom. The van der Waals surface area contributed by atoms with Gasteiger partial charge in [0.1, 0.15) is 0 Å². The van der Waals surface area contributed by atoms with Gasteiger partial charge < -0.3 is 4.90 Å². The van der Waals surface area contributed by atoms with E-state index in [1.807, 2.05) is 4.90 Å². The molecular formula is C14H17BrClNO. The summed E-state index contributed by atoms with van der Waals surface area (Å²) in [5.74, 6) is 0.885. The van der Waals surface area contributed by atoms with Gasteiger partial charge in [-0.05, 0) is 52.9 Å². The molecule has 18 heavy (non-hydrogen) atoms. The van der Waals surface area contributed by atoms with E-state index in [-0.39, 0.29) is 5.91 Å². The van der Waals surface area contributed by atoms with E-state index < -0.39 is 0 Å². The Labute approximate surface area is 121 Å². The molecule has 0 unspecified atom stereocenters. The van der Waals surface area contributed by atoms with Gasteiger partial charge in [-0.2, -0.15) is 0 Å². The van der Waals surface area contributed by atoms with Gasteiger partial charge in [0, 0.05) is 22.6 Å². The molecule has 4 heteroatoms. The second kappa shape index (κ2) is 6.07. The smallest absolute Gasteiger partial charge is 0.254 e. The van der Waals surface area contributed by atoms with E-state index in [0.717, 1.165) is 36.3 Å². The second-order valence-corrected chi connectivity index (χ2v) is 6.06. The van der Waals surface area contributed by atoms with Crippen LogP contribution in [0.25, 0.3) is 0 Å². The maximum atomic E-state index is 12.4. The Balaban J connectivity index is 2.08. The van der Waals surface area contributed by atoms with E-state index in [1.54, 1.807) is 18.2 Å². The summed E-state index contributed by atoms with van der Waals surface area (Å²) in [6.45, 7) is 3.96. The van der Waals surface area contributed by atoms with Gasteiger partial charge in [0.2, 0.25) is 0 Å². The van der Waals surface area contributed by atoms with Crippen LogP contribution in [0.1, 0.15) is 36.5 Å². The van der Waals surface area contributed by atoms with Crippen molar-refractivity contribution >= 4 is 33.4 Å². The summed E-state index contributed by atoms with van der Waals surface area (Å²) in [6, 6.07) is 5.33. The van der Waals surface area contributed by atoms with Crippen LogP contribution in [-0.2, 0) is 0 Å². The third-order valence-corrected chi connectivity index (χ3v) is 4.53. The van der Waals surface area contributed by atoms with Crippen molar-refractivity contribution in [2.24, 2.45) is 5.92 Å². The fourth-order valence-electron chi connectivity index (χ4n) is 2.38. The summed E-state index contributed by atoms with van der Waals surface area (Å²) >= 11 is 9.30. The van der Waals surface area contributed by atoms with E-state index in [2.05, 4.69) is 22.9 Å². The van der Waals surface area contributed by atoms with Crippen molar-refractivity contribution in [2.75, 3.05) is 13.1 Å². The maximum absolute atomic E-state index is 12.4. The van der Waals surface area contributed by atoms with Crippen LogP contribution in [0.3, 0.4) is 0 Å². The molecule has 1 saturated heterocycles. The number of benzene rings is 1. The molecule has 0 bridgehead atoms. The van der Waals surface area contributed by atoms with Gasteiger partial charge >= 0.3 is 0 Å². The zero-order valence-corrected chi connectivity index (χ0v) is 12.8. The van der Waals surface area contributed by atoms with E-state index in [1.165, 1.54) is 6.42 Å². The summed E-state index contributed by atoms with van der Waals surface area (Å²) in [6.07, 6.45) is 3.45. The van der Waals surface area contributed by atoms with Crippen molar-refractivity contribution in [3.05, 3.63) is 33.3 Å². The highest BCUT2D eigenvalue weighted by Gasteiger charge is 2.23. The molecule has 0 N–H and O–H groups in total. The Hall–Kier alpha value is -0.540. The van der Waals surface area contributed by atoms with Crippen LogP contribution in [0, 0.1) is 5.92 Å². The van der Waals surface area contributed by atoms with Crippen LogP contribution in [0.15, 0.2) is 22.7 Å². The van der Waals surface area contributed by atoms with Crippen molar-refractivity contribution in [3.8, 4) is 0 Å².